The van der Waals surface area contributed by atoms with Gasteiger partial charge in [-0.2, -0.15) is 0 Å². The van der Waals surface area contributed by atoms with Crippen LogP contribution in [0, 0.1) is 5.82 Å². The minimum absolute atomic E-state index is 0.248. The number of amides is 1. The molecule has 0 aliphatic carbocycles. The van der Waals surface area contributed by atoms with Crippen LogP contribution in [0.4, 0.5) is 9.18 Å². The highest BCUT2D eigenvalue weighted by atomic mass is 19.1. The number of hydrogen-bond acceptors (Lipinski definition) is 3. The number of nitrogens with zero attached hydrogens (tertiary/aromatic N) is 2. The first-order chi connectivity index (χ1) is 11.7. The van der Waals surface area contributed by atoms with E-state index in [9.17, 15) is 9.18 Å². The van der Waals surface area contributed by atoms with Crippen LogP contribution in [-0.4, -0.2) is 49.7 Å². The van der Waals surface area contributed by atoms with Gasteiger partial charge in [0.15, 0.2) is 5.96 Å². The third-order valence-corrected chi connectivity index (χ3v) is 3.19. The van der Waals surface area contributed by atoms with E-state index in [1.54, 1.807) is 13.1 Å². The van der Waals surface area contributed by atoms with Crippen LogP contribution in [0.5, 0.6) is 0 Å². The maximum Gasteiger partial charge on any atom is 0.407 e. The number of hydrogen-bond donors (Lipinski definition) is 2. The van der Waals surface area contributed by atoms with Crippen molar-refractivity contribution in [3.8, 4) is 0 Å². The second-order valence-electron chi connectivity index (χ2n) is 6.74. The Morgan fingerprint density at radius 3 is 2.56 bits per heavy atom. The standard InChI is InChI=1S/C18H29FN4O2/c1-18(2,3)25-17(24)22-11-7-10-21-16(20-4)23(5)13-14-8-6-9-15(19)12-14/h6,8-9,12H,7,10-11,13H2,1-5H3,(H,20,21)(H,22,24). The maximum atomic E-state index is 13.2. The van der Waals surface area contributed by atoms with Crippen molar-refractivity contribution in [1.82, 2.24) is 15.5 Å². The van der Waals surface area contributed by atoms with Gasteiger partial charge in [-0.1, -0.05) is 12.1 Å². The van der Waals surface area contributed by atoms with Gasteiger partial charge < -0.3 is 20.3 Å². The summed E-state index contributed by atoms with van der Waals surface area (Å²) in [6.45, 7) is 7.18. The molecule has 0 aromatic heterocycles. The summed E-state index contributed by atoms with van der Waals surface area (Å²) < 4.78 is 18.4. The molecule has 140 valence electrons. The molecular formula is C18H29FN4O2. The molecule has 0 saturated carbocycles. The Kier molecular flexibility index (Phi) is 8.18. The van der Waals surface area contributed by atoms with Crippen molar-refractivity contribution in [2.24, 2.45) is 4.99 Å². The van der Waals surface area contributed by atoms with Crippen molar-refractivity contribution in [1.29, 1.82) is 0 Å². The molecule has 0 unspecified atom stereocenters. The van der Waals surface area contributed by atoms with Gasteiger partial charge in [0.25, 0.3) is 0 Å². The Balaban J connectivity index is 2.31. The number of carbonyl (C=O) groups excluding carboxylic acids is 1. The van der Waals surface area contributed by atoms with Gasteiger partial charge in [0.1, 0.15) is 11.4 Å². The number of aliphatic imine (C=N–C) groups is 1. The van der Waals surface area contributed by atoms with Crippen LogP contribution in [0.1, 0.15) is 32.8 Å². The monoisotopic (exact) mass is 352 g/mol. The van der Waals surface area contributed by atoms with E-state index >= 15 is 0 Å². The minimum atomic E-state index is -0.496. The Morgan fingerprint density at radius 2 is 1.96 bits per heavy atom. The molecule has 25 heavy (non-hydrogen) atoms. The smallest absolute Gasteiger partial charge is 0.407 e. The van der Waals surface area contributed by atoms with E-state index in [-0.39, 0.29) is 5.82 Å². The topological polar surface area (TPSA) is 66.0 Å². The molecule has 1 aromatic carbocycles. The Hall–Kier alpha value is -2.31. The summed E-state index contributed by atoms with van der Waals surface area (Å²) in [6.07, 6.45) is 0.312. The van der Waals surface area contributed by atoms with Gasteiger partial charge in [0.2, 0.25) is 0 Å². The number of carbonyl (C=O) groups is 1. The Labute approximate surface area is 149 Å². The zero-order chi connectivity index (χ0) is 18.9. The van der Waals surface area contributed by atoms with Crippen molar-refractivity contribution in [2.75, 3.05) is 27.2 Å². The summed E-state index contributed by atoms with van der Waals surface area (Å²) in [7, 11) is 3.59. The number of halogens is 1. The average Bonchev–Trinajstić information content (AvgIpc) is 2.49. The summed E-state index contributed by atoms with van der Waals surface area (Å²) in [4.78, 5) is 17.7. The number of nitrogens with one attached hydrogen (secondary N) is 2. The molecule has 1 amide bonds. The Bertz CT molecular complexity index is 585. The fourth-order valence-corrected chi connectivity index (χ4v) is 2.16. The van der Waals surface area contributed by atoms with Gasteiger partial charge >= 0.3 is 6.09 Å². The lowest BCUT2D eigenvalue weighted by molar-refractivity contribution is 0.0527. The summed E-state index contributed by atoms with van der Waals surface area (Å²) in [6, 6.07) is 6.50. The molecule has 0 radical (unpaired) electrons. The lowest BCUT2D eigenvalue weighted by Crippen LogP contribution is -2.40. The van der Waals surface area contributed by atoms with Crippen LogP contribution in [0.25, 0.3) is 0 Å². The first kappa shape index (κ1) is 20.7. The molecule has 0 saturated heterocycles. The molecule has 7 heteroatoms. The number of rotatable bonds is 6. The lowest BCUT2D eigenvalue weighted by Gasteiger charge is -2.22. The number of ether oxygens (including phenoxy) is 1. The van der Waals surface area contributed by atoms with Crippen LogP contribution >= 0.6 is 0 Å². The van der Waals surface area contributed by atoms with E-state index in [4.69, 9.17) is 4.74 Å². The van der Waals surface area contributed by atoms with E-state index in [1.807, 2.05) is 38.8 Å². The predicted octanol–water partition coefficient (Wildman–Crippen LogP) is 2.75. The number of guanidine groups is 1. The number of benzene rings is 1. The quantitative estimate of drug-likeness (QED) is 0.469. The number of alkyl carbamates (subject to hydrolysis) is 1. The highest BCUT2D eigenvalue weighted by Crippen LogP contribution is 2.07. The summed E-state index contributed by atoms with van der Waals surface area (Å²) >= 11 is 0. The van der Waals surface area contributed by atoms with E-state index in [1.165, 1.54) is 12.1 Å². The van der Waals surface area contributed by atoms with Crippen molar-refractivity contribution in [3.63, 3.8) is 0 Å². The molecule has 2 N–H and O–H groups in total. The van der Waals surface area contributed by atoms with Gasteiger partial charge in [-0.25, -0.2) is 9.18 Å². The third-order valence-electron chi connectivity index (χ3n) is 3.19. The second-order valence-corrected chi connectivity index (χ2v) is 6.74. The summed E-state index contributed by atoms with van der Waals surface area (Å²) in [5.74, 6) is 0.462. The minimum Gasteiger partial charge on any atom is -0.444 e. The van der Waals surface area contributed by atoms with E-state index in [0.29, 0.717) is 25.6 Å². The zero-order valence-electron chi connectivity index (χ0n) is 15.7. The highest BCUT2D eigenvalue weighted by molar-refractivity contribution is 5.79. The average molecular weight is 352 g/mol. The SMILES string of the molecule is CN=C(NCCCNC(=O)OC(C)(C)C)N(C)Cc1cccc(F)c1. The first-order valence-corrected chi connectivity index (χ1v) is 8.34. The van der Waals surface area contributed by atoms with Crippen LogP contribution in [0.2, 0.25) is 0 Å². The molecule has 0 aliphatic heterocycles. The van der Waals surface area contributed by atoms with E-state index < -0.39 is 11.7 Å². The van der Waals surface area contributed by atoms with Gasteiger partial charge in [0.05, 0.1) is 0 Å². The highest BCUT2D eigenvalue weighted by Gasteiger charge is 2.15. The van der Waals surface area contributed by atoms with Gasteiger partial charge in [-0.15, -0.1) is 0 Å². The maximum absolute atomic E-state index is 13.2. The molecule has 0 spiro atoms. The molecule has 0 heterocycles. The van der Waals surface area contributed by atoms with E-state index in [2.05, 4.69) is 15.6 Å². The molecule has 1 rings (SSSR count). The van der Waals surface area contributed by atoms with Crippen molar-refractivity contribution in [2.45, 2.75) is 39.3 Å². The Morgan fingerprint density at radius 1 is 1.28 bits per heavy atom. The van der Waals surface area contributed by atoms with E-state index in [0.717, 1.165) is 12.0 Å². The normalized spacial score (nSPS) is 11.8. The summed E-state index contributed by atoms with van der Waals surface area (Å²) in [5.41, 5.74) is 0.376. The molecular weight excluding hydrogens is 323 g/mol. The van der Waals surface area contributed by atoms with Gasteiger partial charge in [0, 0.05) is 33.7 Å². The first-order valence-electron chi connectivity index (χ1n) is 8.34. The van der Waals surface area contributed by atoms with Crippen molar-refractivity contribution >= 4 is 12.1 Å². The third kappa shape index (κ3) is 8.93. The molecule has 0 aliphatic rings. The molecule has 0 atom stereocenters. The molecule has 6 nitrogen and oxygen atoms in total. The fraction of sp³-hybridized carbons (Fsp3) is 0.556. The summed E-state index contributed by atoms with van der Waals surface area (Å²) in [5, 5.41) is 5.93. The van der Waals surface area contributed by atoms with Gasteiger partial charge in [-0.05, 0) is 44.9 Å². The second kappa shape index (κ2) is 9.86. The van der Waals surface area contributed by atoms with Gasteiger partial charge in [-0.3, -0.25) is 4.99 Å². The molecule has 1 aromatic rings. The van der Waals surface area contributed by atoms with Crippen LogP contribution in [0.15, 0.2) is 29.3 Å². The fourth-order valence-electron chi connectivity index (χ4n) is 2.16. The van der Waals surface area contributed by atoms with Crippen molar-refractivity contribution < 1.29 is 13.9 Å². The molecule has 0 bridgehead atoms. The van der Waals surface area contributed by atoms with Crippen molar-refractivity contribution in [3.05, 3.63) is 35.6 Å². The lowest BCUT2D eigenvalue weighted by atomic mass is 10.2. The predicted molar refractivity (Wildman–Crippen MR) is 98.1 cm³/mol. The van der Waals surface area contributed by atoms with Crippen LogP contribution in [0.3, 0.4) is 0 Å². The zero-order valence-corrected chi connectivity index (χ0v) is 15.7. The molecule has 0 fully saturated rings. The van der Waals surface area contributed by atoms with Crippen LogP contribution in [-0.2, 0) is 11.3 Å². The largest absolute Gasteiger partial charge is 0.444 e. The van der Waals surface area contributed by atoms with Crippen LogP contribution < -0.4 is 10.6 Å².